The number of β-amino-alcohol motifs (C(OH)–C–C–N with tert-alkyl or cyclic N) is 1. The highest BCUT2D eigenvalue weighted by Gasteiger charge is 2.16. The molecule has 1 unspecified atom stereocenters. The minimum absolute atomic E-state index is 0. The number of halogens is 1. The molecule has 3 nitrogen and oxygen atoms in total. The molecule has 0 aromatic heterocycles. The first-order valence-electron chi connectivity index (χ1n) is 6.76. The summed E-state index contributed by atoms with van der Waals surface area (Å²) < 4.78 is 5.76. The summed E-state index contributed by atoms with van der Waals surface area (Å²) in [6, 6.07) is 6.10. The Kier molecular flexibility index (Phi) is 6.63. The molecular formula is C15H24ClNO2. The van der Waals surface area contributed by atoms with Crippen LogP contribution >= 0.6 is 12.4 Å². The Morgan fingerprint density at radius 1 is 1.21 bits per heavy atom. The van der Waals surface area contributed by atoms with E-state index in [2.05, 4.69) is 4.90 Å². The maximum absolute atomic E-state index is 9.99. The molecule has 0 bridgehead atoms. The van der Waals surface area contributed by atoms with Crippen LogP contribution in [-0.4, -0.2) is 42.4 Å². The summed E-state index contributed by atoms with van der Waals surface area (Å²) in [4.78, 5) is 2.30. The molecule has 108 valence electrons. The summed E-state index contributed by atoms with van der Waals surface area (Å²) in [5.74, 6) is 0.915. The first-order chi connectivity index (χ1) is 8.66. The second-order valence-corrected chi connectivity index (χ2v) is 5.19. The molecule has 1 atom stereocenters. The van der Waals surface area contributed by atoms with Crippen molar-refractivity contribution in [1.82, 2.24) is 4.90 Å². The van der Waals surface area contributed by atoms with Gasteiger partial charge in [-0.1, -0.05) is 18.2 Å². The molecule has 1 aliphatic rings. The number of ether oxygens (including phenoxy) is 1. The third-order valence-corrected chi connectivity index (χ3v) is 3.50. The van der Waals surface area contributed by atoms with Crippen LogP contribution in [0.4, 0.5) is 0 Å². The van der Waals surface area contributed by atoms with Crippen LogP contribution in [0.2, 0.25) is 0 Å². The lowest BCUT2D eigenvalue weighted by Crippen LogP contribution is -2.33. The monoisotopic (exact) mass is 285 g/mol. The summed E-state index contributed by atoms with van der Waals surface area (Å²) >= 11 is 0. The molecule has 0 aliphatic carbocycles. The van der Waals surface area contributed by atoms with Crippen LogP contribution in [0.25, 0.3) is 0 Å². The van der Waals surface area contributed by atoms with Crippen molar-refractivity contribution in [1.29, 1.82) is 0 Å². The molecule has 1 aromatic carbocycles. The zero-order valence-corrected chi connectivity index (χ0v) is 12.6. The number of likely N-dealkylation sites (tertiary alicyclic amines) is 1. The summed E-state index contributed by atoms with van der Waals surface area (Å²) in [6.45, 7) is 7.40. The Hall–Kier alpha value is -0.770. The highest BCUT2D eigenvalue weighted by Crippen LogP contribution is 2.22. The molecule has 1 saturated heterocycles. The van der Waals surface area contributed by atoms with Crippen molar-refractivity contribution in [3.63, 3.8) is 0 Å². The Morgan fingerprint density at radius 2 is 1.79 bits per heavy atom. The van der Waals surface area contributed by atoms with Crippen LogP contribution in [-0.2, 0) is 0 Å². The van der Waals surface area contributed by atoms with E-state index >= 15 is 0 Å². The molecule has 0 saturated carbocycles. The minimum Gasteiger partial charge on any atom is -0.490 e. The van der Waals surface area contributed by atoms with Crippen molar-refractivity contribution in [2.75, 3.05) is 26.2 Å². The number of nitrogens with zero attached hydrogens (tertiary/aromatic N) is 1. The number of aliphatic hydroxyl groups excluding tert-OH is 1. The third-order valence-electron chi connectivity index (χ3n) is 3.50. The van der Waals surface area contributed by atoms with Gasteiger partial charge in [0.2, 0.25) is 0 Å². The summed E-state index contributed by atoms with van der Waals surface area (Å²) in [5, 5.41) is 9.99. The molecule has 0 spiro atoms. The normalized spacial score (nSPS) is 17.0. The number of hydrogen-bond acceptors (Lipinski definition) is 3. The van der Waals surface area contributed by atoms with E-state index in [0.29, 0.717) is 6.61 Å². The summed E-state index contributed by atoms with van der Waals surface area (Å²) in [7, 11) is 0. The minimum atomic E-state index is -0.401. The van der Waals surface area contributed by atoms with Gasteiger partial charge in [-0.2, -0.15) is 0 Å². The topological polar surface area (TPSA) is 32.7 Å². The van der Waals surface area contributed by atoms with Gasteiger partial charge in [-0.15, -0.1) is 12.4 Å². The van der Waals surface area contributed by atoms with Gasteiger partial charge in [0, 0.05) is 6.54 Å². The molecule has 0 amide bonds. The third kappa shape index (κ3) is 4.68. The molecule has 1 aliphatic heterocycles. The van der Waals surface area contributed by atoms with Crippen LogP contribution in [0.1, 0.15) is 24.0 Å². The lowest BCUT2D eigenvalue weighted by atomic mass is 10.1. The Balaban J connectivity index is 0.00000180. The fourth-order valence-electron chi connectivity index (χ4n) is 2.52. The number of aliphatic hydroxyl groups is 1. The molecular weight excluding hydrogens is 262 g/mol. The zero-order chi connectivity index (χ0) is 13.0. The van der Waals surface area contributed by atoms with Crippen molar-refractivity contribution in [3.8, 4) is 5.75 Å². The standard InChI is InChI=1S/C15H23NO2.ClH/c1-12-6-5-7-13(2)15(12)18-11-14(17)10-16-8-3-4-9-16;/h5-7,14,17H,3-4,8-11H2,1-2H3;1H. The Labute approximate surface area is 122 Å². The lowest BCUT2D eigenvalue weighted by Gasteiger charge is -2.20. The van der Waals surface area contributed by atoms with Gasteiger partial charge in [0.1, 0.15) is 18.5 Å². The van der Waals surface area contributed by atoms with E-state index in [1.165, 1.54) is 12.8 Å². The summed E-state index contributed by atoms with van der Waals surface area (Å²) in [5.41, 5.74) is 2.26. The average molecular weight is 286 g/mol. The number of aryl methyl sites for hydroxylation is 2. The van der Waals surface area contributed by atoms with E-state index in [-0.39, 0.29) is 12.4 Å². The van der Waals surface area contributed by atoms with E-state index in [9.17, 15) is 5.11 Å². The van der Waals surface area contributed by atoms with Gasteiger partial charge in [-0.25, -0.2) is 0 Å². The van der Waals surface area contributed by atoms with Crippen LogP contribution in [0.15, 0.2) is 18.2 Å². The van der Waals surface area contributed by atoms with Gasteiger partial charge >= 0.3 is 0 Å². The number of para-hydroxylation sites is 1. The number of hydrogen-bond donors (Lipinski definition) is 1. The van der Waals surface area contributed by atoms with Crippen molar-refractivity contribution in [3.05, 3.63) is 29.3 Å². The molecule has 1 N–H and O–H groups in total. The predicted octanol–water partition coefficient (Wildman–Crippen LogP) is 2.56. The van der Waals surface area contributed by atoms with E-state index in [0.717, 1.165) is 36.5 Å². The average Bonchev–Trinajstić information content (AvgIpc) is 2.81. The van der Waals surface area contributed by atoms with Gasteiger partial charge in [-0.05, 0) is 50.9 Å². The molecule has 4 heteroatoms. The van der Waals surface area contributed by atoms with Crippen LogP contribution in [0, 0.1) is 13.8 Å². The van der Waals surface area contributed by atoms with Crippen molar-refractivity contribution in [2.45, 2.75) is 32.8 Å². The van der Waals surface area contributed by atoms with Gasteiger partial charge < -0.3 is 14.7 Å². The largest absolute Gasteiger partial charge is 0.490 e. The maximum atomic E-state index is 9.99. The van der Waals surface area contributed by atoms with Crippen molar-refractivity contribution < 1.29 is 9.84 Å². The molecule has 19 heavy (non-hydrogen) atoms. The molecule has 2 rings (SSSR count). The first kappa shape index (κ1) is 16.3. The van der Waals surface area contributed by atoms with Crippen molar-refractivity contribution in [2.24, 2.45) is 0 Å². The van der Waals surface area contributed by atoms with Crippen LogP contribution in [0.3, 0.4) is 0 Å². The van der Waals surface area contributed by atoms with Gasteiger partial charge in [-0.3, -0.25) is 0 Å². The van der Waals surface area contributed by atoms with Crippen LogP contribution < -0.4 is 4.74 Å². The second kappa shape index (κ2) is 7.73. The van der Waals surface area contributed by atoms with E-state index in [1.54, 1.807) is 0 Å². The number of benzene rings is 1. The maximum Gasteiger partial charge on any atom is 0.125 e. The SMILES string of the molecule is Cc1cccc(C)c1OCC(O)CN1CCCC1.Cl. The van der Waals surface area contributed by atoms with Gasteiger partial charge in [0.15, 0.2) is 0 Å². The summed E-state index contributed by atoms with van der Waals surface area (Å²) in [6.07, 6.45) is 2.11. The molecule has 1 heterocycles. The zero-order valence-electron chi connectivity index (χ0n) is 11.8. The smallest absolute Gasteiger partial charge is 0.125 e. The molecule has 1 aromatic rings. The predicted molar refractivity (Wildman–Crippen MR) is 80.3 cm³/mol. The highest BCUT2D eigenvalue weighted by atomic mass is 35.5. The van der Waals surface area contributed by atoms with Gasteiger partial charge in [0.25, 0.3) is 0 Å². The van der Waals surface area contributed by atoms with Gasteiger partial charge in [0.05, 0.1) is 0 Å². The lowest BCUT2D eigenvalue weighted by molar-refractivity contribution is 0.0753. The molecule has 1 fully saturated rings. The highest BCUT2D eigenvalue weighted by molar-refractivity contribution is 5.85. The number of rotatable bonds is 5. The van der Waals surface area contributed by atoms with Crippen LogP contribution in [0.5, 0.6) is 5.75 Å². The Bertz CT molecular complexity index is 371. The van der Waals surface area contributed by atoms with Crippen molar-refractivity contribution >= 4 is 12.4 Å². The fourth-order valence-corrected chi connectivity index (χ4v) is 2.52. The fraction of sp³-hybridized carbons (Fsp3) is 0.600. The first-order valence-corrected chi connectivity index (χ1v) is 6.76. The van der Waals surface area contributed by atoms with E-state index in [4.69, 9.17) is 4.74 Å². The molecule has 0 radical (unpaired) electrons. The van der Waals surface area contributed by atoms with E-state index in [1.807, 2.05) is 32.0 Å². The van der Waals surface area contributed by atoms with E-state index < -0.39 is 6.10 Å². The second-order valence-electron chi connectivity index (χ2n) is 5.19. The quantitative estimate of drug-likeness (QED) is 0.902. The Morgan fingerprint density at radius 3 is 2.37 bits per heavy atom.